The Morgan fingerprint density at radius 1 is 0.956 bits per heavy atom. The van der Waals surface area contributed by atoms with Gasteiger partial charge in [0, 0.05) is 58.8 Å². The summed E-state index contributed by atoms with van der Waals surface area (Å²) in [5.41, 5.74) is 6.24. The number of benzene rings is 1. The number of likely N-dealkylation sites (N-methyl/N-ethyl adjacent to an activating group) is 1. The number of rotatable bonds is 9. The fourth-order valence-electron chi connectivity index (χ4n) is 5.16. The van der Waals surface area contributed by atoms with Gasteiger partial charge in [-0.2, -0.15) is 5.10 Å². The molecule has 6 rings (SSSR count). The van der Waals surface area contributed by atoms with Crippen LogP contribution in [0.2, 0.25) is 0 Å². The van der Waals surface area contributed by atoms with Gasteiger partial charge in [0.2, 0.25) is 5.91 Å². The van der Waals surface area contributed by atoms with Crippen molar-refractivity contribution in [2.75, 3.05) is 32.6 Å². The van der Waals surface area contributed by atoms with Crippen LogP contribution in [0.5, 0.6) is 5.75 Å². The number of ether oxygens (including phenoxy) is 1. The summed E-state index contributed by atoms with van der Waals surface area (Å²) >= 11 is 0. The average Bonchev–Trinajstić information content (AvgIpc) is 3.59. The number of carbonyl (C=O) groups is 1. The molecule has 0 spiro atoms. The van der Waals surface area contributed by atoms with Gasteiger partial charge in [-0.05, 0) is 55.9 Å². The van der Waals surface area contributed by atoms with E-state index in [4.69, 9.17) is 4.74 Å². The van der Waals surface area contributed by atoms with Gasteiger partial charge in [0.25, 0.3) is 0 Å². The lowest BCUT2D eigenvalue weighted by atomic mass is 9.92. The van der Waals surface area contributed by atoms with Crippen molar-refractivity contribution in [3.05, 3.63) is 73.1 Å². The fraction of sp³-hybridized carbons (Fsp3) is 0.265. The third-order valence-electron chi connectivity index (χ3n) is 7.21. The molecule has 230 valence electrons. The van der Waals surface area contributed by atoms with Crippen molar-refractivity contribution in [2.24, 2.45) is 5.41 Å². The van der Waals surface area contributed by atoms with Gasteiger partial charge < -0.3 is 19.9 Å². The van der Waals surface area contributed by atoms with Crippen molar-refractivity contribution < 1.29 is 13.9 Å². The van der Waals surface area contributed by atoms with Crippen LogP contribution in [0.1, 0.15) is 27.2 Å². The van der Waals surface area contributed by atoms with E-state index in [1.807, 2.05) is 70.1 Å². The fourth-order valence-corrected chi connectivity index (χ4v) is 5.16. The Kier molecular flexibility index (Phi) is 8.03. The molecule has 11 heteroatoms. The SMILES string of the molecule is CN(C)CCOc1cc(F)cc(-c2nccc3[nH]c(-c4n[nH]c5cnc(-c6cncc(NC(=O)CC(C)(C)C)c6)cc45)cc23)c1. The number of aromatic nitrogens is 6. The highest BCUT2D eigenvalue weighted by molar-refractivity contribution is 6.00. The highest BCUT2D eigenvalue weighted by atomic mass is 19.1. The molecule has 0 atom stereocenters. The molecule has 5 heterocycles. The first-order valence-corrected chi connectivity index (χ1v) is 14.7. The van der Waals surface area contributed by atoms with Crippen molar-refractivity contribution >= 4 is 33.4 Å². The van der Waals surface area contributed by atoms with E-state index in [2.05, 4.69) is 35.5 Å². The molecule has 0 aliphatic rings. The molecule has 0 aliphatic heterocycles. The van der Waals surface area contributed by atoms with E-state index in [0.717, 1.165) is 33.1 Å². The highest BCUT2D eigenvalue weighted by Crippen LogP contribution is 2.35. The van der Waals surface area contributed by atoms with E-state index in [1.165, 1.54) is 12.1 Å². The van der Waals surface area contributed by atoms with Crippen molar-refractivity contribution in [3.8, 4) is 39.7 Å². The zero-order chi connectivity index (χ0) is 31.7. The van der Waals surface area contributed by atoms with Gasteiger partial charge in [-0.25, -0.2) is 4.39 Å². The minimum absolute atomic E-state index is 0.0685. The van der Waals surface area contributed by atoms with Crippen LogP contribution in [0.25, 0.3) is 55.7 Å². The van der Waals surface area contributed by atoms with Gasteiger partial charge in [0.05, 0.1) is 40.7 Å². The molecular weight excluding hydrogens is 571 g/mol. The molecule has 0 radical (unpaired) electrons. The number of pyridine rings is 3. The lowest BCUT2D eigenvalue weighted by Gasteiger charge is -2.17. The first-order valence-electron chi connectivity index (χ1n) is 14.7. The largest absolute Gasteiger partial charge is 0.492 e. The Morgan fingerprint density at radius 3 is 2.58 bits per heavy atom. The summed E-state index contributed by atoms with van der Waals surface area (Å²) < 4.78 is 20.5. The number of nitrogens with zero attached hydrogens (tertiary/aromatic N) is 5. The average molecular weight is 607 g/mol. The summed E-state index contributed by atoms with van der Waals surface area (Å²) in [5, 5.41) is 12.3. The Morgan fingerprint density at radius 2 is 1.78 bits per heavy atom. The van der Waals surface area contributed by atoms with Crippen LogP contribution in [0.3, 0.4) is 0 Å². The third kappa shape index (κ3) is 6.83. The van der Waals surface area contributed by atoms with Gasteiger partial charge in [0.1, 0.15) is 23.9 Å². The number of hydrogen-bond donors (Lipinski definition) is 3. The van der Waals surface area contributed by atoms with Crippen molar-refractivity contribution in [2.45, 2.75) is 27.2 Å². The maximum atomic E-state index is 14.7. The van der Waals surface area contributed by atoms with Crippen LogP contribution in [0.4, 0.5) is 10.1 Å². The summed E-state index contributed by atoms with van der Waals surface area (Å²) in [6, 6.07) is 12.3. The molecule has 45 heavy (non-hydrogen) atoms. The molecule has 0 fully saturated rings. The van der Waals surface area contributed by atoms with Crippen LogP contribution >= 0.6 is 0 Å². The lowest BCUT2D eigenvalue weighted by molar-refractivity contribution is -0.117. The number of H-pyrrole nitrogens is 2. The molecule has 1 aromatic carbocycles. The van der Waals surface area contributed by atoms with E-state index in [-0.39, 0.29) is 11.3 Å². The second-order valence-corrected chi connectivity index (χ2v) is 12.6. The van der Waals surface area contributed by atoms with E-state index in [9.17, 15) is 9.18 Å². The number of fused-ring (bicyclic) bond motifs is 2. The summed E-state index contributed by atoms with van der Waals surface area (Å²) in [7, 11) is 3.92. The smallest absolute Gasteiger partial charge is 0.224 e. The van der Waals surface area contributed by atoms with Gasteiger partial charge in [-0.3, -0.25) is 24.8 Å². The van der Waals surface area contributed by atoms with Crippen LogP contribution in [-0.4, -0.2) is 68.2 Å². The zero-order valence-corrected chi connectivity index (χ0v) is 25.9. The molecule has 0 aliphatic carbocycles. The number of carbonyl (C=O) groups excluding carboxylic acids is 1. The zero-order valence-electron chi connectivity index (χ0n) is 25.9. The summed E-state index contributed by atoms with van der Waals surface area (Å²) in [5.74, 6) is -0.0133. The van der Waals surface area contributed by atoms with Gasteiger partial charge in [-0.1, -0.05) is 20.8 Å². The summed E-state index contributed by atoms with van der Waals surface area (Å²) in [6.07, 6.45) is 7.16. The number of anilines is 1. The number of nitrogens with one attached hydrogen (secondary N) is 3. The Hall–Kier alpha value is -5.16. The summed E-state index contributed by atoms with van der Waals surface area (Å²) in [6.45, 7) is 7.22. The maximum absolute atomic E-state index is 14.7. The number of amides is 1. The molecular formula is C34H35FN8O2. The standard InChI is InChI=1S/C34H35FN8O2/c1-34(2,3)16-31(44)39-23-11-21(17-36-18-23)28-14-26-30(19-38-28)41-42-33(26)29-15-25-27(40-29)6-7-37-32(25)20-10-22(35)13-24(12-20)45-9-8-43(4)5/h6-7,10-15,17-19,40H,8-9,16H2,1-5H3,(H,39,44)(H,41,42). The third-order valence-corrected chi connectivity index (χ3v) is 7.21. The Bertz CT molecular complexity index is 2010. The first-order chi connectivity index (χ1) is 21.5. The number of halogens is 1. The lowest BCUT2D eigenvalue weighted by Crippen LogP contribution is -2.19. The van der Waals surface area contributed by atoms with E-state index in [1.54, 1.807) is 24.8 Å². The van der Waals surface area contributed by atoms with Crippen LogP contribution in [-0.2, 0) is 4.79 Å². The molecule has 0 bridgehead atoms. The minimum Gasteiger partial charge on any atom is -0.492 e. The minimum atomic E-state index is -0.396. The second-order valence-electron chi connectivity index (χ2n) is 12.6. The first kappa shape index (κ1) is 29.9. The molecule has 0 saturated heterocycles. The number of aromatic amines is 2. The monoisotopic (exact) mass is 606 g/mol. The van der Waals surface area contributed by atoms with Gasteiger partial charge >= 0.3 is 0 Å². The van der Waals surface area contributed by atoms with E-state index < -0.39 is 5.82 Å². The predicted octanol–water partition coefficient (Wildman–Crippen LogP) is 6.68. The number of hydrogen-bond acceptors (Lipinski definition) is 7. The van der Waals surface area contributed by atoms with E-state index >= 15 is 0 Å². The molecule has 0 unspecified atom stereocenters. The van der Waals surface area contributed by atoms with Crippen molar-refractivity contribution in [3.63, 3.8) is 0 Å². The predicted molar refractivity (Wildman–Crippen MR) is 174 cm³/mol. The molecule has 0 saturated carbocycles. The molecule has 6 aromatic rings. The van der Waals surface area contributed by atoms with Gasteiger partial charge in [0.15, 0.2) is 0 Å². The normalized spacial score (nSPS) is 11.9. The summed E-state index contributed by atoms with van der Waals surface area (Å²) in [4.78, 5) is 31.5. The van der Waals surface area contributed by atoms with Gasteiger partial charge in [-0.15, -0.1) is 0 Å². The van der Waals surface area contributed by atoms with E-state index in [0.29, 0.717) is 53.7 Å². The van der Waals surface area contributed by atoms with Crippen LogP contribution in [0, 0.1) is 11.2 Å². The topological polar surface area (TPSA) is 125 Å². The quantitative estimate of drug-likeness (QED) is 0.168. The van der Waals surface area contributed by atoms with Crippen molar-refractivity contribution in [1.82, 2.24) is 35.0 Å². The highest BCUT2D eigenvalue weighted by Gasteiger charge is 2.18. The molecule has 3 N–H and O–H groups in total. The van der Waals surface area contributed by atoms with Crippen molar-refractivity contribution in [1.29, 1.82) is 0 Å². The second kappa shape index (κ2) is 12.1. The van der Waals surface area contributed by atoms with Crippen LogP contribution in [0.15, 0.2) is 67.3 Å². The Labute approximate surface area is 260 Å². The maximum Gasteiger partial charge on any atom is 0.224 e. The molecule has 10 nitrogen and oxygen atoms in total. The molecule has 5 aromatic heterocycles. The van der Waals surface area contributed by atoms with Crippen LogP contribution < -0.4 is 10.1 Å². The Balaban J connectivity index is 1.33. The molecule has 1 amide bonds.